The molecule has 116 valence electrons. The van der Waals surface area contributed by atoms with Crippen molar-refractivity contribution in [2.45, 2.75) is 38.5 Å². The molecule has 0 unspecified atom stereocenters. The average molecular weight is 296 g/mol. The topological polar surface area (TPSA) is 103 Å². The molecule has 1 heterocycles. The number of aliphatic hydroxyl groups is 1. The molecular weight excluding hydrogens is 276 g/mol. The summed E-state index contributed by atoms with van der Waals surface area (Å²) in [6, 6.07) is 1.45. The summed E-state index contributed by atoms with van der Waals surface area (Å²) in [5.41, 5.74) is 0.418. The van der Waals surface area contributed by atoms with Crippen LogP contribution in [0.2, 0.25) is 0 Å². The van der Waals surface area contributed by atoms with Crippen molar-refractivity contribution in [2.24, 2.45) is 0 Å². The Labute approximate surface area is 122 Å². The predicted molar refractivity (Wildman–Crippen MR) is 75.1 cm³/mol. The molecule has 3 N–H and O–H groups in total. The Morgan fingerprint density at radius 3 is 2.67 bits per heavy atom. The molecule has 1 aromatic rings. The van der Waals surface area contributed by atoms with Crippen LogP contribution in [0.3, 0.4) is 0 Å². The molecule has 1 saturated carbocycles. The van der Waals surface area contributed by atoms with Gasteiger partial charge in [0.2, 0.25) is 5.43 Å². The van der Waals surface area contributed by atoms with Crippen LogP contribution in [0.1, 0.15) is 36.7 Å². The fraction of sp³-hybridized carbons (Fsp3) is 0.571. The van der Waals surface area contributed by atoms with E-state index in [0.29, 0.717) is 17.9 Å². The number of carboxylic acid groups (broad SMARTS) is 1. The molecule has 0 saturated heterocycles. The van der Waals surface area contributed by atoms with Gasteiger partial charge < -0.3 is 19.9 Å². The molecule has 7 heteroatoms. The van der Waals surface area contributed by atoms with E-state index in [-0.39, 0.29) is 31.4 Å². The number of aliphatic carboxylic acids is 1. The van der Waals surface area contributed by atoms with Crippen LogP contribution in [0.25, 0.3) is 0 Å². The first-order valence-corrected chi connectivity index (χ1v) is 6.91. The average Bonchev–Trinajstić information content (AvgIpc) is 3.25. The highest BCUT2D eigenvalue weighted by Crippen LogP contribution is 2.38. The molecule has 0 spiro atoms. The molecule has 1 aliphatic rings. The lowest BCUT2D eigenvalue weighted by Crippen LogP contribution is -2.26. The number of aromatic nitrogens is 1. The second-order valence-electron chi connectivity index (χ2n) is 5.44. The molecule has 0 atom stereocenters. The number of carboxylic acids is 1. The molecule has 7 nitrogen and oxygen atoms in total. The highest BCUT2D eigenvalue weighted by molar-refractivity contribution is 5.66. The van der Waals surface area contributed by atoms with Crippen LogP contribution in [0.5, 0.6) is 5.75 Å². The van der Waals surface area contributed by atoms with Gasteiger partial charge >= 0.3 is 5.97 Å². The zero-order valence-corrected chi connectivity index (χ0v) is 11.9. The minimum absolute atomic E-state index is 0.00931. The number of nitrogens with zero attached hydrogens (tertiary/aromatic N) is 2. The molecule has 1 aliphatic carbocycles. The van der Waals surface area contributed by atoms with Crippen LogP contribution in [-0.4, -0.2) is 44.3 Å². The summed E-state index contributed by atoms with van der Waals surface area (Å²) in [6.07, 6.45) is 1.88. The van der Waals surface area contributed by atoms with Gasteiger partial charge in [0.25, 0.3) is 0 Å². The number of aromatic hydroxyl groups is 1. The SMILES string of the molecule is CN(CCC(=O)O)Cc1c(O)c(=O)cc(CO)n1C1CC1. The van der Waals surface area contributed by atoms with Crippen LogP contribution < -0.4 is 5.43 Å². The summed E-state index contributed by atoms with van der Waals surface area (Å²) in [4.78, 5) is 24.1. The molecule has 0 bridgehead atoms. The highest BCUT2D eigenvalue weighted by Gasteiger charge is 2.29. The minimum Gasteiger partial charge on any atom is -0.503 e. The summed E-state index contributed by atoms with van der Waals surface area (Å²) in [5.74, 6) is -1.21. The number of carbonyl (C=O) groups is 1. The fourth-order valence-electron chi connectivity index (χ4n) is 2.40. The molecule has 1 aromatic heterocycles. The van der Waals surface area contributed by atoms with Crippen LogP contribution in [0.15, 0.2) is 10.9 Å². The maximum absolute atomic E-state index is 11.8. The Hall–Kier alpha value is -1.86. The number of hydrogen-bond donors (Lipinski definition) is 3. The van der Waals surface area contributed by atoms with Crippen molar-refractivity contribution in [1.29, 1.82) is 0 Å². The molecule has 0 aliphatic heterocycles. The standard InChI is InChI=1S/C14H20N2O5/c1-15(5-4-13(19)20)7-11-14(21)12(18)6-10(8-17)16(11)9-2-3-9/h6,9,17,21H,2-5,7-8H2,1H3,(H,19,20). The normalized spacial score (nSPS) is 14.6. The molecule has 0 radical (unpaired) electrons. The Morgan fingerprint density at radius 2 is 2.14 bits per heavy atom. The van der Waals surface area contributed by atoms with Crippen molar-refractivity contribution in [3.8, 4) is 5.75 Å². The van der Waals surface area contributed by atoms with E-state index >= 15 is 0 Å². The van der Waals surface area contributed by atoms with E-state index in [1.807, 2.05) is 4.57 Å². The van der Waals surface area contributed by atoms with E-state index in [0.717, 1.165) is 12.8 Å². The molecule has 2 rings (SSSR count). The first-order valence-electron chi connectivity index (χ1n) is 6.91. The van der Waals surface area contributed by atoms with Gasteiger partial charge in [-0.3, -0.25) is 14.5 Å². The first-order chi connectivity index (χ1) is 9.93. The predicted octanol–water partition coefficient (Wildman–Crippen LogP) is 0.288. The Balaban J connectivity index is 2.30. The highest BCUT2D eigenvalue weighted by atomic mass is 16.4. The Morgan fingerprint density at radius 1 is 1.48 bits per heavy atom. The largest absolute Gasteiger partial charge is 0.503 e. The summed E-state index contributed by atoms with van der Waals surface area (Å²) >= 11 is 0. The van der Waals surface area contributed by atoms with Crippen molar-refractivity contribution in [3.05, 3.63) is 27.7 Å². The molecule has 0 amide bonds. The van der Waals surface area contributed by atoms with Gasteiger partial charge in [0.1, 0.15) is 0 Å². The van der Waals surface area contributed by atoms with E-state index in [1.54, 1.807) is 11.9 Å². The number of rotatable bonds is 7. The monoisotopic (exact) mass is 296 g/mol. The van der Waals surface area contributed by atoms with Crippen LogP contribution in [0.4, 0.5) is 0 Å². The lowest BCUT2D eigenvalue weighted by atomic mass is 10.2. The third-order valence-corrected chi connectivity index (χ3v) is 3.61. The van der Waals surface area contributed by atoms with E-state index in [1.165, 1.54) is 6.07 Å². The molecule has 21 heavy (non-hydrogen) atoms. The number of pyridine rings is 1. The van der Waals surface area contributed by atoms with Crippen molar-refractivity contribution in [3.63, 3.8) is 0 Å². The van der Waals surface area contributed by atoms with Gasteiger partial charge in [-0.1, -0.05) is 0 Å². The van der Waals surface area contributed by atoms with E-state index < -0.39 is 11.4 Å². The maximum atomic E-state index is 11.8. The van der Waals surface area contributed by atoms with Gasteiger partial charge in [0, 0.05) is 30.9 Å². The summed E-state index contributed by atoms with van der Waals surface area (Å²) in [5, 5.41) is 28.2. The summed E-state index contributed by atoms with van der Waals surface area (Å²) in [7, 11) is 1.73. The third-order valence-electron chi connectivity index (χ3n) is 3.61. The smallest absolute Gasteiger partial charge is 0.304 e. The summed E-state index contributed by atoms with van der Waals surface area (Å²) < 4.78 is 1.81. The second-order valence-corrected chi connectivity index (χ2v) is 5.44. The Kier molecular flexibility index (Phi) is 4.64. The van der Waals surface area contributed by atoms with Crippen molar-refractivity contribution >= 4 is 5.97 Å². The molecule has 0 aromatic carbocycles. The third kappa shape index (κ3) is 3.62. The summed E-state index contributed by atoms with van der Waals surface area (Å²) in [6.45, 7) is 0.313. The van der Waals surface area contributed by atoms with Crippen molar-refractivity contribution in [1.82, 2.24) is 9.47 Å². The van der Waals surface area contributed by atoms with E-state index in [4.69, 9.17) is 5.11 Å². The van der Waals surface area contributed by atoms with Gasteiger partial charge in [-0.2, -0.15) is 0 Å². The number of hydrogen-bond acceptors (Lipinski definition) is 5. The van der Waals surface area contributed by atoms with Gasteiger partial charge in [0.05, 0.1) is 18.7 Å². The van der Waals surface area contributed by atoms with Gasteiger partial charge in [-0.15, -0.1) is 0 Å². The number of aliphatic hydroxyl groups excluding tert-OH is 1. The van der Waals surface area contributed by atoms with Gasteiger partial charge in [-0.25, -0.2) is 0 Å². The second kappa shape index (κ2) is 6.28. The molecular formula is C14H20N2O5. The first kappa shape index (κ1) is 15.5. The van der Waals surface area contributed by atoms with Crippen LogP contribution >= 0.6 is 0 Å². The lowest BCUT2D eigenvalue weighted by molar-refractivity contribution is -0.137. The Bertz CT molecular complexity index is 592. The van der Waals surface area contributed by atoms with Crippen LogP contribution in [0, 0.1) is 0 Å². The van der Waals surface area contributed by atoms with E-state index in [2.05, 4.69) is 0 Å². The van der Waals surface area contributed by atoms with Crippen molar-refractivity contribution in [2.75, 3.05) is 13.6 Å². The van der Waals surface area contributed by atoms with Gasteiger partial charge in [0.15, 0.2) is 5.75 Å². The van der Waals surface area contributed by atoms with Crippen LogP contribution in [-0.2, 0) is 17.9 Å². The quantitative estimate of drug-likeness (QED) is 0.668. The maximum Gasteiger partial charge on any atom is 0.304 e. The zero-order valence-electron chi connectivity index (χ0n) is 11.9. The minimum atomic E-state index is -0.894. The van der Waals surface area contributed by atoms with E-state index in [9.17, 15) is 19.8 Å². The van der Waals surface area contributed by atoms with Gasteiger partial charge in [-0.05, 0) is 19.9 Å². The lowest BCUT2D eigenvalue weighted by Gasteiger charge is -2.22. The molecule has 1 fully saturated rings. The van der Waals surface area contributed by atoms with Crippen molar-refractivity contribution < 1.29 is 20.1 Å². The zero-order chi connectivity index (χ0) is 15.6. The fourth-order valence-corrected chi connectivity index (χ4v) is 2.40.